The first-order chi connectivity index (χ1) is 15.9. The number of carboxylic acids is 1. The first kappa shape index (κ1) is 25.2. The Bertz CT molecular complexity index is 1010. The fraction of sp³-hybridized carbons (Fsp3) is 0.292. The van der Waals surface area contributed by atoms with Crippen molar-refractivity contribution in [3.8, 4) is 17.6 Å². The molecule has 0 aliphatic carbocycles. The zero-order valence-electron chi connectivity index (χ0n) is 18.4. The Morgan fingerprint density at radius 2 is 1.94 bits per heavy atom. The Labute approximate surface area is 191 Å². The number of hydrogen-bond acceptors (Lipinski definition) is 7. The zero-order valence-corrected chi connectivity index (χ0v) is 18.4. The summed E-state index contributed by atoms with van der Waals surface area (Å²) in [6.45, 7) is 2.12. The second-order valence-electron chi connectivity index (χ2n) is 6.88. The van der Waals surface area contributed by atoms with E-state index in [1.165, 1.54) is 19.3 Å². The number of ether oxygens (including phenoxy) is 3. The van der Waals surface area contributed by atoms with Crippen LogP contribution in [0.25, 0.3) is 0 Å². The number of hydrogen-bond donors (Lipinski definition) is 3. The van der Waals surface area contributed by atoms with Crippen LogP contribution in [0.1, 0.15) is 37.0 Å². The fourth-order valence-corrected chi connectivity index (χ4v) is 3.11. The van der Waals surface area contributed by atoms with Crippen LogP contribution in [0.3, 0.4) is 0 Å². The van der Waals surface area contributed by atoms with Crippen molar-refractivity contribution in [2.45, 2.75) is 32.0 Å². The maximum Gasteiger partial charge on any atom is 0.412 e. The molecule has 0 aliphatic rings. The molecule has 0 radical (unpaired) electrons. The van der Waals surface area contributed by atoms with Crippen LogP contribution < -0.4 is 10.1 Å². The van der Waals surface area contributed by atoms with Gasteiger partial charge in [-0.3, -0.25) is 5.32 Å². The first-order valence-electron chi connectivity index (χ1n) is 10.2. The Hall–Kier alpha value is -4.03. The molecular weight excluding hydrogens is 428 g/mol. The number of carbonyl (C=O) groups excluding carboxylic acids is 1. The topological polar surface area (TPSA) is 138 Å². The molecule has 0 fully saturated rings. The highest BCUT2D eigenvalue weighted by Crippen LogP contribution is 2.34. The Kier molecular flexibility index (Phi) is 9.74. The van der Waals surface area contributed by atoms with Crippen LogP contribution in [0.4, 0.5) is 10.5 Å². The summed E-state index contributed by atoms with van der Waals surface area (Å²) in [7, 11) is 1.42. The first-order valence-corrected chi connectivity index (χ1v) is 10.2. The van der Waals surface area contributed by atoms with Gasteiger partial charge in [-0.25, -0.2) is 9.59 Å². The monoisotopic (exact) mass is 454 g/mol. The van der Waals surface area contributed by atoms with E-state index in [-0.39, 0.29) is 11.5 Å². The second-order valence-corrected chi connectivity index (χ2v) is 6.88. The fourth-order valence-electron chi connectivity index (χ4n) is 3.11. The number of nitriles is 1. The van der Waals surface area contributed by atoms with Crippen LogP contribution in [0.15, 0.2) is 54.6 Å². The molecule has 174 valence electrons. The third-order valence-electron chi connectivity index (χ3n) is 4.62. The van der Waals surface area contributed by atoms with E-state index in [1.54, 1.807) is 43.3 Å². The van der Waals surface area contributed by atoms with E-state index in [9.17, 15) is 14.7 Å². The lowest BCUT2D eigenvalue weighted by molar-refractivity contribution is -0.131. The number of aliphatic carboxylic acids is 1. The number of benzene rings is 2. The summed E-state index contributed by atoms with van der Waals surface area (Å²) in [5.74, 6) is -0.924. The Morgan fingerprint density at radius 3 is 2.52 bits per heavy atom. The van der Waals surface area contributed by atoms with Gasteiger partial charge < -0.3 is 24.4 Å². The van der Waals surface area contributed by atoms with Gasteiger partial charge in [-0.1, -0.05) is 12.1 Å². The van der Waals surface area contributed by atoms with E-state index in [4.69, 9.17) is 24.6 Å². The van der Waals surface area contributed by atoms with E-state index in [0.717, 1.165) is 6.08 Å². The average Bonchev–Trinajstić information content (AvgIpc) is 2.80. The number of anilines is 1. The molecule has 33 heavy (non-hydrogen) atoms. The molecule has 0 aromatic heterocycles. The maximum atomic E-state index is 12.7. The summed E-state index contributed by atoms with van der Waals surface area (Å²) in [5, 5.41) is 30.5. The van der Waals surface area contributed by atoms with Crippen LogP contribution in [-0.4, -0.2) is 42.1 Å². The molecular formula is C24H26N2O7. The number of phenolic OH excluding ortho intramolecular Hbond substituents is 1. The summed E-state index contributed by atoms with van der Waals surface area (Å²) in [6.07, 6.45) is 0.982. The highest BCUT2D eigenvalue weighted by molar-refractivity contribution is 5.84. The summed E-state index contributed by atoms with van der Waals surface area (Å²) in [4.78, 5) is 23.4. The molecule has 0 saturated carbocycles. The second kappa shape index (κ2) is 12.7. The van der Waals surface area contributed by atoms with Crippen molar-refractivity contribution in [1.29, 1.82) is 5.26 Å². The number of rotatable bonds is 11. The Morgan fingerprint density at radius 1 is 1.21 bits per heavy atom. The third kappa shape index (κ3) is 7.87. The van der Waals surface area contributed by atoms with Gasteiger partial charge in [0.25, 0.3) is 0 Å². The minimum Gasteiger partial charge on any atom is -0.504 e. The molecule has 0 unspecified atom stereocenters. The molecule has 9 nitrogen and oxygen atoms in total. The summed E-state index contributed by atoms with van der Waals surface area (Å²) < 4.78 is 16.6. The molecule has 2 aromatic rings. The van der Waals surface area contributed by atoms with Crippen molar-refractivity contribution in [2.75, 3.05) is 19.0 Å². The maximum absolute atomic E-state index is 12.7. The minimum atomic E-state index is -1.06. The lowest BCUT2D eigenvalue weighted by Crippen LogP contribution is -2.29. The highest BCUT2D eigenvalue weighted by Gasteiger charge is 2.28. The van der Waals surface area contributed by atoms with Crippen LogP contribution in [0, 0.1) is 11.3 Å². The Balaban J connectivity index is 2.27. The molecule has 1 amide bonds. The molecule has 2 atom stereocenters. The van der Waals surface area contributed by atoms with Gasteiger partial charge in [0.1, 0.15) is 0 Å². The van der Waals surface area contributed by atoms with E-state index in [1.807, 2.05) is 6.07 Å². The summed E-state index contributed by atoms with van der Waals surface area (Å²) in [5.41, 5.74) is 1.36. The summed E-state index contributed by atoms with van der Waals surface area (Å²) >= 11 is 0. The normalized spacial score (nSPS) is 12.5. The van der Waals surface area contributed by atoms with Crippen molar-refractivity contribution in [3.63, 3.8) is 0 Å². The largest absolute Gasteiger partial charge is 0.504 e. The average molecular weight is 454 g/mol. The van der Waals surface area contributed by atoms with E-state index in [2.05, 4.69) is 5.32 Å². The molecule has 0 heterocycles. The quantitative estimate of drug-likeness (QED) is 0.425. The van der Waals surface area contributed by atoms with Gasteiger partial charge >= 0.3 is 12.1 Å². The number of allylic oxidation sites excluding steroid dienone is 1. The number of carboxylic acid groups (broad SMARTS) is 1. The standard InChI is InChI=1S/C24H26N2O7/c1-3-32-21(6-4-5-7-22(28)29)23(17-10-13-20(31-2)19(27)14-17)33-24(30)26-18-11-8-16(15-25)9-12-18/h5,7-14,21,23,27H,3-4,6H2,1-2H3,(H,26,30)(H,28,29)/b7-5+/t21-,23-/m0/s1. The van der Waals surface area contributed by atoms with Crippen molar-refractivity contribution >= 4 is 17.7 Å². The van der Waals surface area contributed by atoms with Gasteiger partial charge in [-0.15, -0.1) is 0 Å². The number of aromatic hydroxyl groups is 1. The van der Waals surface area contributed by atoms with Gasteiger partial charge in [-0.2, -0.15) is 5.26 Å². The molecule has 0 spiro atoms. The minimum absolute atomic E-state index is 0.128. The molecule has 0 bridgehead atoms. The van der Waals surface area contributed by atoms with Crippen molar-refractivity contribution < 1.29 is 34.0 Å². The number of nitrogens with one attached hydrogen (secondary N) is 1. The van der Waals surface area contributed by atoms with E-state index in [0.29, 0.717) is 36.3 Å². The zero-order chi connectivity index (χ0) is 24.2. The van der Waals surface area contributed by atoms with Crippen LogP contribution in [-0.2, 0) is 14.3 Å². The van der Waals surface area contributed by atoms with Gasteiger partial charge in [-0.05, 0) is 61.7 Å². The number of phenols is 1. The smallest absolute Gasteiger partial charge is 0.412 e. The van der Waals surface area contributed by atoms with Gasteiger partial charge in [0.15, 0.2) is 17.6 Å². The van der Waals surface area contributed by atoms with Crippen LogP contribution in [0.5, 0.6) is 11.5 Å². The molecule has 9 heteroatoms. The molecule has 0 aliphatic heterocycles. The van der Waals surface area contributed by atoms with Crippen molar-refractivity contribution in [2.24, 2.45) is 0 Å². The van der Waals surface area contributed by atoms with E-state index >= 15 is 0 Å². The van der Waals surface area contributed by atoms with Gasteiger partial charge in [0, 0.05) is 18.4 Å². The molecule has 3 N–H and O–H groups in total. The number of methoxy groups -OCH3 is 1. The number of nitrogens with zero attached hydrogens (tertiary/aromatic N) is 1. The highest BCUT2D eigenvalue weighted by atomic mass is 16.6. The summed E-state index contributed by atoms with van der Waals surface area (Å²) in [6, 6.07) is 12.9. The van der Waals surface area contributed by atoms with Crippen LogP contribution >= 0.6 is 0 Å². The predicted molar refractivity (Wildman–Crippen MR) is 120 cm³/mol. The van der Waals surface area contributed by atoms with E-state index < -0.39 is 24.3 Å². The number of carbonyl (C=O) groups is 2. The van der Waals surface area contributed by atoms with Crippen LogP contribution in [0.2, 0.25) is 0 Å². The van der Waals surface area contributed by atoms with Gasteiger partial charge in [0.05, 0.1) is 24.8 Å². The lowest BCUT2D eigenvalue weighted by Gasteiger charge is -2.27. The molecule has 2 rings (SSSR count). The molecule has 0 saturated heterocycles. The third-order valence-corrected chi connectivity index (χ3v) is 4.62. The van der Waals surface area contributed by atoms with Crippen molar-refractivity contribution in [1.82, 2.24) is 0 Å². The lowest BCUT2D eigenvalue weighted by atomic mass is 9.99. The van der Waals surface area contributed by atoms with Gasteiger partial charge in [0.2, 0.25) is 0 Å². The SMILES string of the molecule is CCO[C@@H](CC/C=C/C(=O)O)[C@@H](OC(=O)Nc1ccc(C#N)cc1)c1ccc(OC)c(O)c1. The number of amides is 1. The van der Waals surface area contributed by atoms with Crippen molar-refractivity contribution in [3.05, 3.63) is 65.7 Å². The molecule has 2 aromatic carbocycles. The predicted octanol–water partition coefficient (Wildman–Crippen LogP) is 4.39.